The van der Waals surface area contributed by atoms with Gasteiger partial charge in [0.2, 0.25) is 0 Å². The maximum absolute atomic E-state index is 5.73. The first kappa shape index (κ1) is 13.4. The number of hydrogen-bond acceptors (Lipinski definition) is 3. The van der Waals surface area contributed by atoms with Crippen molar-refractivity contribution >= 4 is 0 Å². The molecule has 3 nitrogen and oxygen atoms in total. The minimum Gasteiger partial charge on any atom is -0.488 e. The highest BCUT2D eigenvalue weighted by Gasteiger charge is 2.40. The Morgan fingerprint density at radius 3 is 2.44 bits per heavy atom. The van der Waals surface area contributed by atoms with Gasteiger partial charge in [-0.15, -0.1) is 0 Å². The van der Waals surface area contributed by atoms with Gasteiger partial charge in [-0.1, -0.05) is 26.0 Å². The fraction of sp³-hybridized carbons (Fsp3) is 0.600. The van der Waals surface area contributed by atoms with Gasteiger partial charge in [-0.05, 0) is 24.6 Å². The van der Waals surface area contributed by atoms with Gasteiger partial charge in [-0.25, -0.2) is 0 Å². The van der Waals surface area contributed by atoms with Crippen LogP contribution in [0.25, 0.3) is 0 Å². The maximum Gasteiger partial charge on any atom is 0.119 e. The van der Waals surface area contributed by atoms with Crippen LogP contribution in [0.5, 0.6) is 5.75 Å². The molecule has 2 atom stereocenters. The molecule has 1 aliphatic heterocycles. The van der Waals surface area contributed by atoms with E-state index in [2.05, 4.69) is 26.0 Å². The predicted molar refractivity (Wildman–Crippen MR) is 70.9 cm³/mol. The second-order valence-electron chi connectivity index (χ2n) is 5.63. The summed E-state index contributed by atoms with van der Waals surface area (Å²) >= 11 is 0. The number of hydrogen-bond donors (Lipinski definition) is 0. The Balaban J connectivity index is 1.98. The summed E-state index contributed by atoms with van der Waals surface area (Å²) in [5.74, 6) is 0.875. The van der Waals surface area contributed by atoms with Crippen LogP contribution in [0.4, 0.5) is 0 Å². The number of methoxy groups -OCH3 is 1. The summed E-state index contributed by atoms with van der Waals surface area (Å²) in [5, 5.41) is 0. The summed E-state index contributed by atoms with van der Waals surface area (Å²) in [6, 6.07) is 8.17. The van der Waals surface area contributed by atoms with Crippen LogP contribution in [0.3, 0.4) is 0 Å². The van der Waals surface area contributed by atoms with Crippen LogP contribution in [0.1, 0.15) is 32.4 Å². The van der Waals surface area contributed by atoms with E-state index in [4.69, 9.17) is 14.2 Å². The van der Waals surface area contributed by atoms with Gasteiger partial charge in [-0.2, -0.15) is 0 Å². The van der Waals surface area contributed by atoms with Crippen molar-refractivity contribution in [1.82, 2.24) is 0 Å². The van der Waals surface area contributed by atoms with Crippen molar-refractivity contribution in [2.45, 2.75) is 33.0 Å². The molecule has 0 spiro atoms. The summed E-state index contributed by atoms with van der Waals surface area (Å²) in [6.07, 6.45) is 0.278. The molecule has 0 amide bonds. The van der Waals surface area contributed by atoms with E-state index < -0.39 is 0 Å². The Hall–Kier alpha value is -1.06. The van der Waals surface area contributed by atoms with Gasteiger partial charge in [-0.3, -0.25) is 0 Å². The second-order valence-corrected chi connectivity index (χ2v) is 5.63. The zero-order valence-electron chi connectivity index (χ0n) is 11.6. The second kappa shape index (κ2) is 5.29. The minimum atomic E-state index is 0.0669. The third kappa shape index (κ3) is 2.85. The van der Waals surface area contributed by atoms with E-state index >= 15 is 0 Å². The average Bonchev–Trinajstić information content (AvgIpc) is 2.31. The lowest BCUT2D eigenvalue weighted by atomic mass is 9.79. The highest BCUT2D eigenvalue weighted by molar-refractivity contribution is 5.30. The van der Waals surface area contributed by atoms with Crippen molar-refractivity contribution in [1.29, 1.82) is 0 Å². The molecule has 3 heteroatoms. The van der Waals surface area contributed by atoms with Gasteiger partial charge >= 0.3 is 0 Å². The SMILES string of the molecule is COCC(C)Oc1ccc(C2OCC2(C)C)cc1. The molecule has 0 bridgehead atoms. The van der Waals surface area contributed by atoms with Crippen LogP contribution < -0.4 is 4.74 Å². The first-order valence-electron chi connectivity index (χ1n) is 6.40. The van der Waals surface area contributed by atoms with E-state index in [0.717, 1.165) is 12.4 Å². The van der Waals surface area contributed by atoms with Crippen molar-refractivity contribution in [3.8, 4) is 5.75 Å². The molecule has 1 aliphatic rings. The lowest BCUT2D eigenvalue weighted by Crippen LogP contribution is -2.40. The predicted octanol–water partition coefficient (Wildman–Crippen LogP) is 3.20. The quantitative estimate of drug-likeness (QED) is 0.803. The zero-order chi connectivity index (χ0) is 13.2. The monoisotopic (exact) mass is 250 g/mol. The Bertz CT molecular complexity index is 383. The molecule has 1 aromatic carbocycles. The Kier molecular flexibility index (Phi) is 3.93. The van der Waals surface area contributed by atoms with Crippen molar-refractivity contribution < 1.29 is 14.2 Å². The number of benzene rings is 1. The zero-order valence-corrected chi connectivity index (χ0v) is 11.6. The van der Waals surface area contributed by atoms with E-state index in [1.165, 1.54) is 5.56 Å². The van der Waals surface area contributed by atoms with Crippen molar-refractivity contribution in [3.63, 3.8) is 0 Å². The van der Waals surface area contributed by atoms with Crippen LogP contribution in [0.15, 0.2) is 24.3 Å². The lowest BCUT2D eigenvalue weighted by molar-refractivity contribution is -0.172. The van der Waals surface area contributed by atoms with Crippen LogP contribution in [0.2, 0.25) is 0 Å². The third-order valence-electron chi connectivity index (χ3n) is 3.25. The fourth-order valence-electron chi connectivity index (χ4n) is 2.27. The largest absolute Gasteiger partial charge is 0.488 e. The van der Waals surface area contributed by atoms with Crippen LogP contribution >= 0.6 is 0 Å². The van der Waals surface area contributed by atoms with Crippen LogP contribution in [0, 0.1) is 5.41 Å². The molecule has 1 saturated heterocycles. The molecule has 0 aromatic heterocycles. The molecule has 0 aliphatic carbocycles. The molecule has 100 valence electrons. The van der Waals surface area contributed by atoms with Gasteiger partial charge in [0.15, 0.2) is 0 Å². The molecule has 1 heterocycles. The average molecular weight is 250 g/mol. The molecular weight excluding hydrogens is 228 g/mol. The van der Waals surface area contributed by atoms with E-state index in [-0.39, 0.29) is 17.6 Å². The van der Waals surface area contributed by atoms with Crippen molar-refractivity contribution in [2.75, 3.05) is 20.3 Å². The van der Waals surface area contributed by atoms with Gasteiger partial charge in [0.1, 0.15) is 11.9 Å². The van der Waals surface area contributed by atoms with Gasteiger partial charge < -0.3 is 14.2 Å². The normalized spacial score (nSPS) is 23.2. The topological polar surface area (TPSA) is 27.7 Å². The number of ether oxygens (including phenoxy) is 3. The highest BCUT2D eigenvalue weighted by atomic mass is 16.5. The Labute approximate surface area is 109 Å². The van der Waals surface area contributed by atoms with E-state index in [0.29, 0.717) is 6.61 Å². The van der Waals surface area contributed by atoms with Gasteiger partial charge in [0.25, 0.3) is 0 Å². The van der Waals surface area contributed by atoms with Crippen molar-refractivity contribution in [2.24, 2.45) is 5.41 Å². The molecule has 1 fully saturated rings. The first-order chi connectivity index (χ1) is 8.53. The molecule has 0 N–H and O–H groups in total. The number of rotatable bonds is 5. The van der Waals surface area contributed by atoms with E-state index in [1.807, 2.05) is 19.1 Å². The summed E-state index contributed by atoms with van der Waals surface area (Å²) < 4.78 is 16.4. The molecule has 18 heavy (non-hydrogen) atoms. The Morgan fingerprint density at radius 1 is 1.33 bits per heavy atom. The molecule has 1 aromatic rings. The molecular formula is C15H22O3. The summed E-state index contributed by atoms with van der Waals surface area (Å²) in [7, 11) is 1.68. The summed E-state index contributed by atoms with van der Waals surface area (Å²) in [6.45, 7) is 7.88. The fourth-order valence-corrected chi connectivity index (χ4v) is 2.27. The Morgan fingerprint density at radius 2 is 2.00 bits per heavy atom. The summed E-state index contributed by atoms with van der Waals surface area (Å²) in [4.78, 5) is 0. The first-order valence-corrected chi connectivity index (χ1v) is 6.40. The van der Waals surface area contributed by atoms with Gasteiger partial charge in [0.05, 0.1) is 19.3 Å². The minimum absolute atomic E-state index is 0.0669. The van der Waals surface area contributed by atoms with Crippen LogP contribution in [-0.2, 0) is 9.47 Å². The van der Waals surface area contributed by atoms with E-state index in [1.54, 1.807) is 7.11 Å². The van der Waals surface area contributed by atoms with Crippen molar-refractivity contribution in [3.05, 3.63) is 29.8 Å². The smallest absolute Gasteiger partial charge is 0.119 e. The lowest BCUT2D eigenvalue weighted by Gasteiger charge is -2.44. The third-order valence-corrected chi connectivity index (χ3v) is 3.25. The standard InChI is InChI=1S/C15H22O3/c1-11(9-16-4)18-13-7-5-12(6-8-13)14-15(2,3)10-17-14/h5-8,11,14H,9-10H2,1-4H3. The van der Waals surface area contributed by atoms with Gasteiger partial charge in [0, 0.05) is 12.5 Å². The van der Waals surface area contributed by atoms with E-state index in [9.17, 15) is 0 Å². The van der Waals surface area contributed by atoms with Crippen LogP contribution in [-0.4, -0.2) is 26.4 Å². The summed E-state index contributed by atoms with van der Waals surface area (Å²) in [5.41, 5.74) is 1.46. The molecule has 2 rings (SSSR count). The molecule has 0 saturated carbocycles. The molecule has 2 unspecified atom stereocenters. The molecule has 0 radical (unpaired) electrons. The highest BCUT2D eigenvalue weighted by Crippen LogP contribution is 2.45. The maximum atomic E-state index is 5.73.